The van der Waals surface area contributed by atoms with Crippen LogP contribution in [0.2, 0.25) is 0 Å². The van der Waals surface area contributed by atoms with Crippen LogP contribution in [0.5, 0.6) is 0 Å². The van der Waals surface area contributed by atoms with Crippen molar-refractivity contribution in [2.75, 3.05) is 12.1 Å². The van der Waals surface area contributed by atoms with E-state index in [9.17, 15) is 0 Å². The van der Waals surface area contributed by atoms with Gasteiger partial charge in [-0.05, 0) is 30.2 Å². The normalized spacial score (nSPS) is 17.5. The molecule has 0 bridgehead atoms. The lowest BCUT2D eigenvalue weighted by molar-refractivity contribution is 0.367. The van der Waals surface area contributed by atoms with E-state index >= 15 is 0 Å². The van der Waals surface area contributed by atoms with Gasteiger partial charge in [0.1, 0.15) is 11.0 Å². The molecule has 1 aromatic carbocycles. The van der Waals surface area contributed by atoms with Gasteiger partial charge < -0.3 is 0 Å². The van der Waals surface area contributed by atoms with Gasteiger partial charge in [-0.1, -0.05) is 31.4 Å². The van der Waals surface area contributed by atoms with Gasteiger partial charge in [-0.25, -0.2) is 0 Å². The van der Waals surface area contributed by atoms with Gasteiger partial charge in [-0.3, -0.25) is 5.01 Å². The largest absolute Gasteiger partial charge is 0.295 e. The summed E-state index contributed by atoms with van der Waals surface area (Å²) in [4.78, 5) is 1.95. The third kappa shape index (κ3) is 1.88. The number of nitrogens with zero attached hydrogens (tertiary/aromatic N) is 4. The maximum absolute atomic E-state index is 4.26. The molecular weight excluding hydrogens is 212 g/mol. The monoisotopic (exact) mass is 230 g/mol. The summed E-state index contributed by atoms with van der Waals surface area (Å²) in [5.41, 5.74) is 2.07. The van der Waals surface area contributed by atoms with Gasteiger partial charge in [0.2, 0.25) is 0 Å². The molecule has 90 valence electrons. The molecule has 2 aromatic rings. The summed E-state index contributed by atoms with van der Waals surface area (Å²) in [5, 5.41) is 10.7. The van der Waals surface area contributed by atoms with Gasteiger partial charge >= 0.3 is 0 Å². The highest BCUT2D eigenvalue weighted by atomic mass is 15.7. The summed E-state index contributed by atoms with van der Waals surface area (Å²) in [5.74, 6) is 0. The molecule has 1 saturated carbocycles. The van der Waals surface area contributed by atoms with E-state index in [2.05, 4.69) is 28.4 Å². The van der Waals surface area contributed by atoms with E-state index in [-0.39, 0.29) is 0 Å². The quantitative estimate of drug-likeness (QED) is 0.794. The molecule has 0 amide bonds. The van der Waals surface area contributed by atoms with Crippen molar-refractivity contribution in [2.45, 2.75) is 38.1 Å². The zero-order valence-electron chi connectivity index (χ0n) is 10.2. The van der Waals surface area contributed by atoms with E-state index in [0.717, 1.165) is 11.0 Å². The number of hydrogen-bond acceptors (Lipinski definition) is 3. The first-order valence-corrected chi connectivity index (χ1v) is 6.40. The Bertz CT molecular complexity index is 499. The van der Waals surface area contributed by atoms with Gasteiger partial charge in [-0.2, -0.15) is 4.79 Å². The first-order valence-electron chi connectivity index (χ1n) is 6.40. The molecular formula is C13H18N4. The lowest BCUT2D eigenvalue weighted by Gasteiger charge is -2.32. The van der Waals surface area contributed by atoms with Crippen LogP contribution >= 0.6 is 0 Å². The Balaban J connectivity index is 1.92. The summed E-state index contributed by atoms with van der Waals surface area (Å²) in [6, 6.07) is 8.73. The number of benzene rings is 1. The van der Waals surface area contributed by atoms with Gasteiger partial charge in [0.05, 0.1) is 0 Å². The van der Waals surface area contributed by atoms with E-state index < -0.39 is 0 Å². The molecule has 1 fully saturated rings. The number of fused-ring (bicyclic) bond motifs is 1. The van der Waals surface area contributed by atoms with Crippen LogP contribution in [0.3, 0.4) is 0 Å². The topological polar surface area (TPSA) is 34.0 Å². The fraction of sp³-hybridized carbons (Fsp3) is 0.538. The van der Waals surface area contributed by atoms with E-state index in [1.807, 2.05) is 23.0 Å². The van der Waals surface area contributed by atoms with Crippen molar-refractivity contribution < 1.29 is 0 Å². The van der Waals surface area contributed by atoms with Crippen LogP contribution in [-0.2, 0) is 0 Å². The second-order valence-corrected chi connectivity index (χ2v) is 4.83. The van der Waals surface area contributed by atoms with Crippen LogP contribution in [0.15, 0.2) is 24.3 Å². The molecule has 4 heteroatoms. The molecule has 3 rings (SSSR count). The summed E-state index contributed by atoms with van der Waals surface area (Å²) in [6.45, 7) is 0. The van der Waals surface area contributed by atoms with Crippen LogP contribution in [-0.4, -0.2) is 28.2 Å². The fourth-order valence-corrected chi connectivity index (χ4v) is 2.70. The average Bonchev–Trinajstić information content (AvgIpc) is 2.83. The van der Waals surface area contributed by atoms with E-state index in [1.54, 1.807) is 0 Å². The molecule has 1 aliphatic carbocycles. The summed E-state index contributed by atoms with van der Waals surface area (Å²) in [7, 11) is 2.12. The van der Waals surface area contributed by atoms with Crippen LogP contribution in [0, 0.1) is 0 Å². The molecule has 0 N–H and O–H groups in total. The SMILES string of the molecule is CN(C1CCCCC1)n1nnc2ccccc21. The van der Waals surface area contributed by atoms with Crippen LogP contribution in [0.1, 0.15) is 32.1 Å². The fourth-order valence-electron chi connectivity index (χ4n) is 2.70. The Morgan fingerprint density at radius 1 is 1.18 bits per heavy atom. The summed E-state index contributed by atoms with van der Waals surface area (Å²) >= 11 is 0. The summed E-state index contributed by atoms with van der Waals surface area (Å²) in [6.07, 6.45) is 6.58. The van der Waals surface area contributed by atoms with Crippen molar-refractivity contribution in [1.82, 2.24) is 15.1 Å². The third-order valence-electron chi connectivity index (χ3n) is 3.74. The highest BCUT2D eigenvalue weighted by Gasteiger charge is 2.20. The minimum absolute atomic E-state index is 0.605. The average molecular weight is 230 g/mol. The molecule has 1 aliphatic rings. The zero-order chi connectivity index (χ0) is 11.7. The maximum atomic E-state index is 4.26. The van der Waals surface area contributed by atoms with Crippen molar-refractivity contribution in [3.8, 4) is 0 Å². The van der Waals surface area contributed by atoms with E-state index in [1.165, 1.54) is 32.1 Å². The Kier molecular flexibility index (Phi) is 2.71. The molecule has 0 saturated heterocycles. The molecule has 0 radical (unpaired) electrons. The number of aromatic nitrogens is 3. The van der Waals surface area contributed by atoms with Gasteiger partial charge in [0.15, 0.2) is 0 Å². The van der Waals surface area contributed by atoms with Crippen LogP contribution in [0.4, 0.5) is 0 Å². The second kappa shape index (κ2) is 4.35. The Morgan fingerprint density at radius 3 is 2.76 bits per heavy atom. The van der Waals surface area contributed by atoms with Crippen molar-refractivity contribution in [2.24, 2.45) is 0 Å². The van der Waals surface area contributed by atoms with Crippen LogP contribution in [0.25, 0.3) is 11.0 Å². The highest BCUT2D eigenvalue weighted by molar-refractivity contribution is 5.74. The molecule has 0 aliphatic heterocycles. The van der Waals surface area contributed by atoms with Gasteiger partial charge in [-0.15, -0.1) is 5.10 Å². The molecule has 0 unspecified atom stereocenters. The Morgan fingerprint density at radius 2 is 1.94 bits per heavy atom. The molecule has 0 atom stereocenters. The smallest absolute Gasteiger partial charge is 0.115 e. The number of hydrogen-bond donors (Lipinski definition) is 0. The first-order chi connectivity index (χ1) is 8.36. The lowest BCUT2D eigenvalue weighted by Crippen LogP contribution is -2.42. The van der Waals surface area contributed by atoms with Crippen molar-refractivity contribution in [3.05, 3.63) is 24.3 Å². The van der Waals surface area contributed by atoms with Crippen molar-refractivity contribution in [1.29, 1.82) is 0 Å². The van der Waals surface area contributed by atoms with E-state index in [4.69, 9.17) is 0 Å². The predicted molar refractivity (Wildman–Crippen MR) is 68.5 cm³/mol. The number of para-hydroxylation sites is 1. The molecule has 4 nitrogen and oxygen atoms in total. The Hall–Kier alpha value is -1.58. The van der Waals surface area contributed by atoms with Crippen molar-refractivity contribution >= 4 is 11.0 Å². The van der Waals surface area contributed by atoms with Gasteiger partial charge in [0, 0.05) is 13.1 Å². The molecule has 17 heavy (non-hydrogen) atoms. The minimum Gasteiger partial charge on any atom is -0.295 e. The van der Waals surface area contributed by atoms with Gasteiger partial charge in [0.25, 0.3) is 0 Å². The molecule has 0 spiro atoms. The molecule has 1 aromatic heterocycles. The minimum atomic E-state index is 0.605. The standard InChI is InChI=1S/C13H18N4/c1-16(11-7-3-2-4-8-11)17-13-10-6-5-9-12(13)14-15-17/h5-6,9-11H,2-4,7-8H2,1H3. The number of rotatable bonds is 2. The van der Waals surface area contributed by atoms with Crippen LogP contribution < -0.4 is 5.01 Å². The predicted octanol–water partition coefficient (Wildman–Crippen LogP) is 2.33. The van der Waals surface area contributed by atoms with E-state index in [0.29, 0.717) is 6.04 Å². The third-order valence-corrected chi connectivity index (χ3v) is 3.74. The maximum Gasteiger partial charge on any atom is 0.115 e. The summed E-state index contributed by atoms with van der Waals surface area (Å²) < 4.78 is 0. The van der Waals surface area contributed by atoms with Crippen molar-refractivity contribution in [3.63, 3.8) is 0 Å². The molecule has 1 heterocycles. The zero-order valence-corrected chi connectivity index (χ0v) is 10.2. The Labute approximate surface area is 101 Å². The first kappa shape index (κ1) is 10.6. The highest BCUT2D eigenvalue weighted by Crippen LogP contribution is 2.22. The second-order valence-electron chi connectivity index (χ2n) is 4.83. The lowest BCUT2D eigenvalue weighted by atomic mass is 9.95.